The maximum atomic E-state index is 11.3. The number of aliphatic carboxylic acids is 1. The molecule has 1 unspecified atom stereocenters. The summed E-state index contributed by atoms with van der Waals surface area (Å²) in [7, 11) is 1.68. The standard InChI is InChI=1S/C13H17NO3/c1-9-4-3-5-10(6-9)13(7-17-8-13)11(14-2)12(15)16/h3-6,11,14H,7-8H2,1-2H3,(H,15,16). The van der Waals surface area contributed by atoms with Gasteiger partial charge in [0.15, 0.2) is 0 Å². The zero-order chi connectivity index (χ0) is 12.5. The fourth-order valence-corrected chi connectivity index (χ4v) is 2.41. The van der Waals surface area contributed by atoms with Gasteiger partial charge in [-0.3, -0.25) is 4.79 Å². The predicted octanol–water partition coefficient (Wildman–Crippen LogP) is 0.936. The molecule has 0 radical (unpaired) electrons. The highest BCUT2D eigenvalue weighted by atomic mass is 16.5. The molecule has 1 aromatic carbocycles. The number of ether oxygens (including phenoxy) is 1. The van der Waals surface area contributed by atoms with E-state index in [1.807, 2.05) is 31.2 Å². The lowest BCUT2D eigenvalue weighted by atomic mass is 9.72. The molecule has 1 aliphatic heterocycles. The Morgan fingerprint density at radius 2 is 2.24 bits per heavy atom. The Morgan fingerprint density at radius 3 is 2.65 bits per heavy atom. The van der Waals surface area contributed by atoms with Gasteiger partial charge in [-0.2, -0.15) is 0 Å². The van der Waals surface area contributed by atoms with E-state index in [0.29, 0.717) is 13.2 Å². The first-order chi connectivity index (χ1) is 8.10. The Balaban J connectivity index is 2.40. The second-order valence-corrected chi connectivity index (χ2v) is 4.58. The lowest BCUT2D eigenvalue weighted by Gasteiger charge is -2.45. The molecule has 1 heterocycles. The second kappa shape index (κ2) is 4.47. The minimum atomic E-state index is -0.836. The van der Waals surface area contributed by atoms with Gasteiger partial charge in [0.1, 0.15) is 6.04 Å². The maximum Gasteiger partial charge on any atom is 0.321 e. The zero-order valence-electron chi connectivity index (χ0n) is 10.1. The SMILES string of the molecule is CNC(C(=O)O)C1(c2cccc(C)c2)COC1. The fraction of sp³-hybridized carbons (Fsp3) is 0.462. The van der Waals surface area contributed by atoms with Gasteiger partial charge in [0.2, 0.25) is 0 Å². The van der Waals surface area contributed by atoms with E-state index in [2.05, 4.69) is 5.32 Å². The molecule has 17 heavy (non-hydrogen) atoms. The number of nitrogens with one attached hydrogen (secondary N) is 1. The molecule has 4 nitrogen and oxygen atoms in total. The molecule has 2 rings (SSSR count). The number of hydrogen-bond acceptors (Lipinski definition) is 3. The largest absolute Gasteiger partial charge is 0.480 e. The number of carbonyl (C=O) groups is 1. The molecule has 1 fully saturated rings. The van der Waals surface area contributed by atoms with Crippen molar-refractivity contribution in [1.29, 1.82) is 0 Å². The van der Waals surface area contributed by atoms with E-state index >= 15 is 0 Å². The highest BCUT2D eigenvalue weighted by Gasteiger charge is 2.50. The van der Waals surface area contributed by atoms with Crippen LogP contribution in [0.15, 0.2) is 24.3 Å². The van der Waals surface area contributed by atoms with Gasteiger partial charge in [0.05, 0.1) is 18.6 Å². The molecule has 2 N–H and O–H groups in total. The first-order valence-electron chi connectivity index (χ1n) is 5.65. The van der Waals surface area contributed by atoms with E-state index in [9.17, 15) is 9.90 Å². The molecule has 1 aliphatic rings. The lowest BCUT2D eigenvalue weighted by molar-refractivity contribution is -0.150. The number of likely N-dealkylation sites (N-methyl/N-ethyl adjacent to an activating group) is 1. The number of carboxylic acids is 1. The molecular formula is C13H17NO3. The summed E-state index contributed by atoms with van der Waals surface area (Å²) in [5.74, 6) is -0.836. The maximum absolute atomic E-state index is 11.3. The van der Waals surface area contributed by atoms with Crippen LogP contribution in [0.2, 0.25) is 0 Å². The number of hydrogen-bond donors (Lipinski definition) is 2. The van der Waals surface area contributed by atoms with Crippen molar-refractivity contribution in [2.45, 2.75) is 18.4 Å². The molecule has 0 aliphatic carbocycles. The average molecular weight is 235 g/mol. The van der Waals surface area contributed by atoms with Crippen molar-refractivity contribution >= 4 is 5.97 Å². The zero-order valence-corrected chi connectivity index (χ0v) is 10.1. The van der Waals surface area contributed by atoms with Gasteiger partial charge in [-0.15, -0.1) is 0 Å². The molecule has 0 bridgehead atoms. The summed E-state index contributed by atoms with van der Waals surface area (Å²) in [5, 5.41) is 12.2. The monoisotopic (exact) mass is 235 g/mol. The first kappa shape index (κ1) is 12.1. The summed E-state index contributed by atoms with van der Waals surface area (Å²) < 4.78 is 5.26. The third-order valence-corrected chi connectivity index (χ3v) is 3.40. The quantitative estimate of drug-likeness (QED) is 0.815. The van der Waals surface area contributed by atoms with Crippen molar-refractivity contribution in [3.8, 4) is 0 Å². The number of carboxylic acid groups (broad SMARTS) is 1. The van der Waals surface area contributed by atoms with E-state index in [1.165, 1.54) is 0 Å². The van der Waals surface area contributed by atoms with Crippen LogP contribution in [0.1, 0.15) is 11.1 Å². The summed E-state index contributed by atoms with van der Waals surface area (Å²) in [6.07, 6.45) is 0. The minimum absolute atomic E-state index is 0.438. The van der Waals surface area contributed by atoms with Crippen molar-refractivity contribution in [1.82, 2.24) is 5.32 Å². The van der Waals surface area contributed by atoms with Gasteiger partial charge >= 0.3 is 5.97 Å². The third-order valence-electron chi connectivity index (χ3n) is 3.40. The summed E-state index contributed by atoms with van der Waals surface area (Å²) in [4.78, 5) is 11.3. The lowest BCUT2D eigenvalue weighted by Crippen LogP contribution is -2.62. The Kier molecular flexibility index (Phi) is 3.17. The van der Waals surface area contributed by atoms with Gasteiger partial charge in [-0.1, -0.05) is 29.8 Å². The summed E-state index contributed by atoms with van der Waals surface area (Å²) in [5.41, 5.74) is 1.73. The molecule has 0 aromatic heterocycles. The first-order valence-corrected chi connectivity index (χ1v) is 5.65. The minimum Gasteiger partial charge on any atom is -0.480 e. The summed E-state index contributed by atoms with van der Waals surface area (Å²) >= 11 is 0. The summed E-state index contributed by atoms with van der Waals surface area (Å²) in [6, 6.07) is 7.36. The molecule has 0 saturated carbocycles. The van der Waals surface area contributed by atoms with Crippen LogP contribution < -0.4 is 5.32 Å². The van der Waals surface area contributed by atoms with E-state index in [1.54, 1.807) is 7.05 Å². The third kappa shape index (κ3) is 1.94. The average Bonchev–Trinajstić information content (AvgIpc) is 2.22. The normalized spacial score (nSPS) is 19.4. The van der Waals surface area contributed by atoms with E-state index in [0.717, 1.165) is 11.1 Å². The van der Waals surface area contributed by atoms with Crippen molar-refractivity contribution < 1.29 is 14.6 Å². The Labute approximate surface area is 101 Å². The van der Waals surface area contributed by atoms with Crippen molar-refractivity contribution in [3.05, 3.63) is 35.4 Å². The van der Waals surface area contributed by atoms with Crippen LogP contribution in [0.25, 0.3) is 0 Å². The van der Waals surface area contributed by atoms with Crippen molar-refractivity contribution in [2.75, 3.05) is 20.3 Å². The molecule has 0 spiro atoms. The molecule has 0 amide bonds. The Bertz CT molecular complexity index is 426. The van der Waals surface area contributed by atoms with Crippen LogP contribution in [0.5, 0.6) is 0 Å². The Hall–Kier alpha value is -1.39. The van der Waals surface area contributed by atoms with Crippen LogP contribution in [-0.2, 0) is 14.9 Å². The topological polar surface area (TPSA) is 58.6 Å². The second-order valence-electron chi connectivity index (χ2n) is 4.58. The fourth-order valence-electron chi connectivity index (χ4n) is 2.41. The highest BCUT2D eigenvalue weighted by Crippen LogP contribution is 2.36. The van der Waals surface area contributed by atoms with Gasteiger partial charge in [0, 0.05) is 0 Å². The molecule has 1 saturated heterocycles. The van der Waals surface area contributed by atoms with Gasteiger partial charge in [-0.05, 0) is 19.5 Å². The van der Waals surface area contributed by atoms with Crippen molar-refractivity contribution in [2.24, 2.45) is 0 Å². The molecule has 4 heteroatoms. The molecule has 1 atom stereocenters. The summed E-state index contributed by atoms with van der Waals surface area (Å²) in [6.45, 7) is 2.91. The van der Waals surface area contributed by atoms with Crippen LogP contribution in [0.4, 0.5) is 0 Å². The van der Waals surface area contributed by atoms with Crippen LogP contribution in [0, 0.1) is 6.92 Å². The van der Waals surface area contributed by atoms with E-state index in [-0.39, 0.29) is 0 Å². The highest BCUT2D eigenvalue weighted by molar-refractivity contribution is 5.76. The predicted molar refractivity (Wildman–Crippen MR) is 64.2 cm³/mol. The Morgan fingerprint density at radius 1 is 1.53 bits per heavy atom. The van der Waals surface area contributed by atoms with Crippen LogP contribution in [-0.4, -0.2) is 37.4 Å². The van der Waals surface area contributed by atoms with E-state index < -0.39 is 17.4 Å². The molecular weight excluding hydrogens is 218 g/mol. The molecule has 92 valence electrons. The molecule has 1 aromatic rings. The van der Waals surface area contributed by atoms with Gasteiger partial charge in [0.25, 0.3) is 0 Å². The van der Waals surface area contributed by atoms with Crippen LogP contribution in [0.3, 0.4) is 0 Å². The van der Waals surface area contributed by atoms with Gasteiger partial charge < -0.3 is 15.2 Å². The van der Waals surface area contributed by atoms with Crippen LogP contribution >= 0.6 is 0 Å². The number of benzene rings is 1. The van der Waals surface area contributed by atoms with Crippen molar-refractivity contribution in [3.63, 3.8) is 0 Å². The van der Waals surface area contributed by atoms with Gasteiger partial charge in [-0.25, -0.2) is 0 Å². The number of aryl methyl sites for hydroxylation is 1. The van der Waals surface area contributed by atoms with E-state index in [4.69, 9.17) is 4.74 Å². The number of rotatable bonds is 4. The smallest absolute Gasteiger partial charge is 0.321 e.